The Morgan fingerprint density at radius 2 is 1.67 bits per heavy atom. The Hall–Kier alpha value is -2.97. The first-order valence-corrected chi connectivity index (χ1v) is 11.0. The summed E-state index contributed by atoms with van der Waals surface area (Å²) in [5, 5.41) is 9.09. The molecule has 1 aromatic heterocycles. The van der Waals surface area contributed by atoms with Crippen LogP contribution in [-0.2, 0) is 15.4 Å². The lowest BCUT2D eigenvalue weighted by molar-refractivity contribution is 0.197. The number of aliphatic hydroxyl groups excluding tert-OH is 1. The summed E-state index contributed by atoms with van der Waals surface area (Å²) in [4.78, 5) is 8.39. The lowest BCUT2D eigenvalue weighted by atomic mass is 9.87. The third kappa shape index (κ3) is 4.95. The summed E-state index contributed by atoms with van der Waals surface area (Å²) in [6.45, 7) is 6.03. The van der Waals surface area contributed by atoms with Crippen LogP contribution in [0.4, 0.5) is 5.82 Å². The summed E-state index contributed by atoms with van der Waals surface area (Å²) in [6, 6.07) is 15.9. The van der Waals surface area contributed by atoms with Crippen molar-refractivity contribution in [2.45, 2.75) is 31.1 Å². The molecule has 0 saturated carbocycles. The minimum atomic E-state index is -3.89. The van der Waals surface area contributed by atoms with Crippen LogP contribution in [0.3, 0.4) is 0 Å². The van der Waals surface area contributed by atoms with Gasteiger partial charge < -0.3 is 9.84 Å². The topological polar surface area (TPSA) is 101 Å². The summed E-state index contributed by atoms with van der Waals surface area (Å²) >= 11 is 0. The molecule has 3 rings (SSSR count). The van der Waals surface area contributed by atoms with Gasteiger partial charge in [0.2, 0.25) is 5.88 Å². The molecule has 1 heterocycles. The van der Waals surface area contributed by atoms with E-state index in [0.717, 1.165) is 5.56 Å². The van der Waals surface area contributed by atoms with Crippen LogP contribution in [0.5, 0.6) is 5.88 Å². The van der Waals surface area contributed by atoms with Gasteiger partial charge in [0.05, 0.1) is 17.1 Å². The van der Waals surface area contributed by atoms with Crippen molar-refractivity contribution in [2.24, 2.45) is 0 Å². The van der Waals surface area contributed by atoms with Crippen LogP contribution in [0.25, 0.3) is 11.1 Å². The minimum Gasteiger partial charge on any atom is -0.475 e. The number of ether oxygens (including phenoxy) is 1. The molecular weight excluding hydrogens is 402 g/mol. The summed E-state index contributed by atoms with van der Waals surface area (Å²) in [5.74, 6) is 0.287. The maximum Gasteiger partial charge on any atom is 0.263 e. The number of aromatic nitrogens is 2. The minimum absolute atomic E-state index is 0.0251. The molecule has 0 aliphatic heterocycles. The molecule has 0 fully saturated rings. The van der Waals surface area contributed by atoms with Crippen LogP contribution < -0.4 is 9.46 Å². The van der Waals surface area contributed by atoms with Gasteiger partial charge >= 0.3 is 0 Å². The molecule has 158 valence electrons. The zero-order valence-corrected chi connectivity index (χ0v) is 18.0. The third-order valence-corrected chi connectivity index (χ3v) is 5.82. The fourth-order valence-corrected chi connectivity index (χ4v) is 3.91. The van der Waals surface area contributed by atoms with Crippen LogP contribution in [0.15, 0.2) is 65.8 Å². The van der Waals surface area contributed by atoms with E-state index < -0.39 is 10.0 Å². The van der Waals surface area contributed by atoms with Gasteiger partial charge in [0, 0.05) is 0 Å². The Morgan fingerprint density at radius 1 is 1.00 bits per heavy atom. The number of rotatable bonds is 7. The predicted octanol–water partition coefficient (Wildman–Crippen LogP) is 3.61. The first-order chi connectivity index (χ1) is 14.2. The third-order valence-electron chi connectivity index (χ3n) is 4.47. The van der Waals surface area contributed by atoms with E-state index in [9.17, 15) is 8.42 Å². The molecule has 0 saturated heterocycles. The monoisotopic (exact) mass is 427 g/mol. The largest absolute Gasteiger partial charge is 0.475 e. The molecule has 0 atom stereocenters. The molecular formula is C22H25N3O4S. The van der Waals surface area contributed by atoms with Crippen molar-refractivity contribution in [1.82, 2.24) is 9.97 Å². The van der Waals surface area contributed by atoms with E-state index in [4.69, 9.17) is 9.84 Å². The lowest BCUT2D eigenvalue weighted by Crippen LogP contribution is -2.17. The van der Waals surface area contributed by atoms with Crippen molar-refractivity contribution < 1.29 is 18.3 Å². The SMILES string of the molecule is CC(C)(C)c1ccc(S(=O)(=O)Nc2ncnc(OCCO)c2-c2ccccc2)cc1. The number of sulfonamides is 1. The summed E-state index contributed by atoms with van der Waals surface area (Å²) in [6.07, 6.45) is 1.22. The van der Waals surface area contributed by atoms with Crippen molar-refractivity contribution in [1.29, 1.82) is 0 Å². The van der Waals surface area contributed by atoms with Gasteiger partial charge in [0.25, 0.3) is 10.0 Å². The maximum atomic E-state index is 13.0. The Bertz CT molecular complexity index is 1090. The maximum absolute atomic E-state index is 13.0. The lowest BCUT2D eigenvalue weighted by Gasteiger charge is -2.19. The predicted molar refractivity (Wildman–Crippen MR) is 116 cm³/mol. The number of benzene rings is 2. The van der Waals surface area contributed by atoms with Crippen LogP contribution in [0, 0.1) is 0 Å². The smallest absolute Gasteiger partial charge is 0.263 e. The Kier molecular flexibility index (Phi) is 6.38. The van der Waals surface area contributed by atoms with Gasteiger partial charge in [-0.3, -0.25) is 4.72 Å². The fourth-order valence-electron chi connectivity index (χ4n) is 2.88. The van der Waals surface area contributed by atoms with Crippen molar-refractivity contribution in [3.05, 3.63) is 66.5 Å². The zero-order valence-electron chi connectivity index (χ0n) is 17.2. The van der Waals surface area contributed by atoms with E-state index in [-0.39, 0.29) is 35.2 Å². The Labute approximate surface area is 176 Å². The molecule has 0 bridgehead atoms. The quantitative estimate of drug-likeness (QED) is 0.597. The van der Waals surface area contributed by atoms with E-state index in [0.29, 0.717) is 11.1 Å². The fraction of sp³-hybridized carbons (Fsp3) is 0.273. The second-order valence-corrected chi connectivity index (χ2v) is 9.40. The number of hydrogen-bond acceptors (Lipinski definition) is 6. The molecule has 0 aliphatic rings. The molecule has 0 radical (unpaired) electrons. The van der Waals surface area contributed by atoms with Gasteiger partial charge in [0.15, 0.2) is 5.82 Å². The van der Waals surface area contributed by atoms with Crippen molar-refractivity contribution in [3.8, 4) is 17.0 Å². The first kappa shape index (κ1) is 21.7. The van der Waals surface area contributed by atoms with Crippen LogP contribution >= 0.6 is 0 Å². The van der Waals surface area contributed by atoms with Crippen molar-refractivity contribution in [2.75, 3.05) is 17.9 Å². The Morgan fingerprint density at radius 3 is 2.27 bits per heavy atom. The average Bonchev–Trinajstić information content (AvgIpc) is 2.72. The summed E-state index contributed by atoms with van der Waals surface area (Å²) in [7, 11) is -3.89. The number of hydrogen-bond donors (Lipinski definition) is 2. The van der Waals surface area contributed by atoms with Crippen LogP contribution in [-0.4, -0.2) is 36.7 Å². The van der Waals surface area contributed by atoms with E-state index in [1.165, 1.54) is 6.33 Å². The zero-order chi connectivity index (χ0) is 21.8. The summed E-state index contributed by atoms with van der Waals surface area (Å²) in [5.41, 5.74) is 2.04. The van der Waals surface area contributed by atoms with Crippen molar-refractivity contribution >= 4 is 15.8 Å². The van der Waals surface area contributed by atoms with Crippen LogP contribution in [0.1, 0.15) is 26.3 Å². The first-order valence-electron chi connectivity index (χ1n) is 9.50. The average molecular weight is 428 g/mol. The number of nitrogens with zero attached hydrogens (tertiary/aromatic N) is 2. The normalized spacial score (nSPS) is 11.9. The molecule has 7 nitrogen and oxygen atoms in total. The number of nitrogens with one attached hydrogen (secondary N) is 1. The molecule has 0 amide bonds. The molecule has 8 heteroatoms. The highest BCUT2D eigenvalue weighted by atomic mass is 32.2. The Balaban J connectivity index is 2.01. The molecule has 0 aliphatic carbocycles. The van der Waals surface area contributed by atoms with Gasteiger partial charge in [-0.1, -0.05) is 63.2 Å². The van der Waals surface area contributed by atoms with Crippen molar-refractivity contribution in [3.63, 3.8) is 0 Å². The highest BCUT2D eigenvalue weighted by Crippen LogP contribution is 2.35. The number of aliphatic hydroxyl groups is 1. The second-order valence-electron chi connectivity index (χ2n) is 7.72. The standard InChI is InChI=1S/C22H25N3O4S/c1-22(2,3)17-9-11-18(12-10-17)30(27,28)25-20-19(16-7-5-4-6-8-16)21(24-15-23-20)29-14-13-26/h4-12,15,26H,13-14H2,1-3H3,(H,23,24,25). The second kappa shape index (κ2) is 8.81. The van der Waals surface area contributed by atoms with Gasteiger partial charge in [-0.25, -0.2) is 18.4 Å². The molecule has 30 heavy (non-hydrogen) atoms. The molecule has 0 unspecified atom stereocenters. The van der Waals surface area contributed by atoms with Gasteiger partial charge in [0.1, 0.15) is 12.9 Å². The van der Waals surface area contributed by atoms with Gasteiger partial charge in [-0.15, -0.1) is 0 Å². The van der Waals surface area contributed by atoms with Crippen LogP contribution in [0.2, 0.25) is 0 Å². The summed E-state index contributed by atoms with van der Waals surface area (Å²) < 4.78 is 34.1. The van der Waals surface area contributed by atoms with Gasteiger partial charge in [-0.05, 0) is 28.7 Å². The van der Waals surface area contributed by atoms with E-state index in [2.05, 4.69) is 35.5 Å². The highest BCUT2D eigenvalue weighted by Gasteiger charge is 2.22. The van der Waals surface area contributed by atoms with Gasteiger partial charge in [-0.2, -0.15) is 0 Å². The highest BCUT2D eigenvalue weighted by molar-refractivity contribution is 7.92. The molecule has 2 N–H and O–H groups in total. The number of anilines is 1. The molecule has 3 aromatic rings. The molecule has 0 spiro atoms. The van der Waals surface area contributed by atoms with E-state index >= 15 is 0 Å². The van der Waals surface area contributed by atoms with E-state index in [1.807, 2.05) is 30.3 Å². The van der Waals surface area contributed by atoms with E-state index in [1.54, 1.807) is 24.3 Å². The molecule has 2 aromatic carbocycles.